The number of thiophene rings is 1. The van der Waals surface area contributed by atoms with Gasteiger partial charge in [0, 0.05) is 5.02 Å². The van der Waals surface area contributed by atoms with Gasteiger partial charge in [0.1, 0.15) is 5.75 Å². The second kappa shape index (κ2) is 6.76. The molecule has 0 saturated carbocycles. The number of hydrogen-bond donors (Lipinski definition) is 1. The molecule has 0 saturated heterocycles. The largest absolute Gasteiger partial charge is 0.482 e. The van der Waals surface area contributed by atoms with Gasteiger partial charge in [-0.15, -0.1) is 11.3 Å². The van der Waals surface area contributed by atoms with Gasteiger partial charge in [-0.05, 0) is 30.3 Å². The molecule has 0 fully saturated rings. The molecule has 1 N–H and O–H groups in total. The molecular weight excluding hydrogens is 362 g/mol. The van der Waals surface area contributed by atoms with Crippen molar-refractivity contribution in [1.82, 2.24) is 0 Å². The van der Waals surface area contributed by atoms with Crippen LogP contribution in [0.25, 0.3) is 0 Å². The zero-order valence-electron chi connectivity index (χ0n) is 10.7. The van der Waals surface area contributed by atoms with Crippen molar-refractivity contribution >= 4 is 46.1 Å². The predicted molar refractivity (Wildman–Crippen MR) is 80.3 cm³/mol. The summed E-state index contributed by atoms with van der Waals surface area (Å²) in [5.74, 6) is -0.645. The molecule has 0 aliphatic carbocycles. The summed E-state index contributed by atoms with van der Waals surface area (Å²) in [6.07, 6.45) is -4.48. The summed E-state index contributed by atoms with van der Waals surface area (Å²) in [5, 5.41) is 2.70. The van der Waals surface area contributed by atoms with Gasteiger partial charge in [-0.25, -0.2) is 0 Å². The zero-order valence-corrected chi connectivity index (χ0v) is 13.0. The van der Waals surface area contributed by atoms with Crippen LogP contribution in [-0.2, 0) is 0 Å². The monoisotopic (exact) mass is 369 g/mol. The number of halogens is 5. The van der Waals surface area contributed by atoms with E-state index in [4.69, 9.17) is 23.2 Å². The first-order valence-corrected chi connectivity index (χ1v) is 7.37. The number of ether oxygens (including phenoxy) is 1. The number of alkyl halides is 3. The average molecular weight is 370 g/mol. The Labute approximate surface area is 137 Å². The molecule has 0 unspecified atom stereocenters. The van der Waals surface area contributed by atoms with E-state index in [-0.39, 0.29) is 16.5 Å². The molecule has 0 radical (unpaired) electrons. The summed E-state index contributed by atoms with van der Waals surface area (Å²) in [7, 11) is 0. The molecule has 3 nitrogen and oxygen atoms in total. The van der Waals surface area contributed by atoms with Gasteiger partial charge < -0.3 is 10.1 Å². The fourth-order valence-corrected chi connectivity index (χ4v) is 2.62. The second-order valence-electron chi connectivity index (χ2n) is 4.10. The molecule has 0 aliphatic heterocycles. The van der Waals surface area contributed by atoms with Gasteiger partial charge >= 0.3 is 6.18 Å². The first kappa shape index (κ1) is 16.9. The van der Waals surface area contributed by atoms with Gasteiger partial charge in [-0.2, -0.15) is 13.2 Å². The minimum absolute atomic E-state index is 0.0475. The zero-order chi connectivity index (χ0) is 16.3. The Balaban J connectivity index is 2.18. The van der Waals surface area contributed by atoms with Gasteiger partial charge in [0.05, 0.1) is 14.9 Å². The average Bonchev–Trinajstić information content (AvgIpc) is 2.83. The van der Waals surface area contributed by atoms with Crippen LogP contribution in [0.3, 0.4) is 0 Å². The quantitative estimate of drug-likeness (QED) is 0.799. The van der Waals surface area contributed by atoms with Crippen molar-refractivity contribution < 1.29 is 22.7 Å². The van der Waals surface area contributed by atoms with Crippen molar-refractivity contribution in [3.8, 4) is 5.75 Å². The molecule has 2 rings (SSSR count). The molecular formula is C13H8Cl2F3NO2S. The molecule has 0 bridgehead atoms. The summed E-state index contributed by atoms with van der Waals surface area (Å²) >= 11 is 12.6. The van der Waals surface area contributed by atoms with E-state index in [1.807, 2.05) is 0 Å². The van der Waals surface area contributed by atoms with Crippen LogP contribution in [0.5, 0.6) is 5.75 Å². The Morgan fingerprint density at radius 1 is 1.23 bits per heavy atom. The molecule has 1 heterocycles. The summed E-state index contributed by atoms with van der Waals surface area (Å²) in [4.78, 5) is 12.3. The molecule has 9 heteroatoms. The lowest BCUT2D eigenvalue weighted by Crippen LogP contribution is -2.20. The van der Waals surface area contributed by atoms with Gasteiger partial charge in [0.2, 0.25) is 0 Å². The fourth-order valence-electron chi connectivity index (χ4n) is 1.51. The number of nitrogens with one attached hydrogen (secondary N) is 1. The minimum atomic E-state index is -4.48. The van der Waals surface area contributed by atoms with Gasteiger partial charge in [-0.1, -0.05) is 23.2 Å². The van der Waals surface area contributed by atoms with Crippen LogP contribution in [0, 0.1) is 0 Å². The topological polar surface area (TPSA) is 38.3 Å². The standard InChI is InChI=1S/C13H8Cl2F3NO2S/c14-7-1-2-9(21-6-13(16,17)18)8(5-7)19-12(20)10-3-4-11(15)22-10/h1-5H,6H2,(H,19,20). The maximum atomic E-state index is 12.2. The highest BCUT2D eigenvalue weighted by Gasteiger charge is 2.29. The van der Waals surface area contributed by atoms with Crippen LogP contribution in [0.2, 0.25) is 9.36 Å². The van der Waals surface area contributed by atoms with Crippen LogP contribution >= 0.6 is 34.5 Å². The third-order valence-electron chi connectivity index (χ3n) is 2.38. The van der Waals surface area contributed by atoms with Gasteiger partial charge in [-0.3, -0.25) is 4.79 Å². The number of amides is 1. The smallest absolute Gasteiger partial charge is 0.422 e. The van der Waals surface area contributed by atoms with E-state index in [1.165, 1.54) is 24.3 Å². The van der Waals surface area contributed by atoms with E-state index in [0.717, 1.165) is 11.3 Å². The number of hydrogen-bond acceptors (Lipinski definition) is 3. The summed E-state index contributed by atoms with van der Waals surface area (Å²) in [6, 6.07) is 6.97. The van der Waals surface area contributed by atoms with E-state index in [9.17, 15) is 18.0 Å². The highest BCUT2D eigenvalue weighted by Crippen LogP contribution is 2.31. The fraction of sp³-hybridized carbons (Fsp3) is 0.154. The van der Waals surface area contributed by atoms with E-state index >= 15 is 0 Å². The number of rotatable bonds is 4. The lowest BCUT2D eigenvalue weighted by atomic mass is 10.3. The van der Waals surface area contributed by atoms with Crippen LogP contribution < -0.4 is 10.1 Å². The molecule has 1 amide bonds. The number of carbonyl (C=O) groups excluding carboxylic acids is 1. The molecule has 0 spiro atoms. The van der Waals surface area contributed by atoms with E-state index in [0.29, 0.717) is 9.21 Å². The molecule has 22 heavy (non-hydrogen) atoms. The van der Waals surface area contributed by atoms with Crippen molar-refractivity contribution in [2.75, 3.05) is 11.9 Å². The van der Waals surface area contributed by atoms with Gasteiger partial charge in [0.15, 0.2) is 6.61 Å². The highest BCUT2D eigenvalue weighted by molar-refractivity contribution is 7.18. The van der Waals surface area contributed by atoms with Crippen molar-refractivity contribution in [2.24, 2.45) is 0 Å². The maximum Gasteiger partial charge on any atom is 0.422 e. The van der Waals surface area contributed by atoms with Crippen molar-refractivity contribution in [3.05, 3.63) is 44.6 Å². The summed E-state index contributed by atoms with van der Waals surface area (Å²) in [5.41, 5.74) is 0.0475. The predicted octanol–water partition coefficient (Wildman–Crippen LogP) is 5.25. The maximum absolute atomic E-state index is 12.2. The summed E-state index contributed by atoms with van der Waals surface area (Å²) < 4.78 is 41.8. The van der Waals surface area contributed by atoms with E-state index in [2.05, 4.69) is 10.1 Å². The van der Waals surface area contributed by atoms with Crippen molar-refractivity contribution in [1.29, 1.82) is 0 Å². The third kappa shape index (κ3) is 4.79. The Bertz CT molecular complexity index is 688. The van der Waals surface area contributed by atoms with E-state index in [1.54, 1.807) is 6.07 Å². The first-order chi connectivity index (χ1) is 10.2. The lowest BCUT2D eigenvalue weighted by molar-refractivity contribution is -0.153. The van der Waals surface area contributed by atoms with Gasteiger partial charge in [0.25, 0.3) is 5.91 Å². The molecule has 118 valence electrons. The number of carbonyl (C=O) groups is 1. The van der Waals surface area contributed by atoms with Crippen LogP contribution in [0.1, 0.15) is 9.67 Å². The van der Waals surface area contributed by atoms with Crippen molar-refractivity contribution in [3.63, 3.8) is 0 Å². The third-order valence-corrected chi connectivity index (χ3v) is 3.84. The van der Waals surface area contributed by atoms with E-state index < -0.39 is 18.7 Å². The molecule has 1 aromatic carbocycles. The van der Waals surface area contributed by atoms with Crippen LogP contribution in [0.4, 0.5) is 18.9 Å². The highest BCUT2D eigenvalue weighted by atomic mass is 35.5. The van der Waals surface area contributed by atoms with Crippen LogP contribution in [-0.4, -0.2) is 18.7 Å². The SMILES string of the molecule is O=C(Nc1cc(Cl)ccc1OCC(F)(F)F)c1ccc(Cl)s1. The number of anilines is 1. The second-order valence-corrected chi connectivity index (χ2v) is 6.25. The molecule has 1 aromatic heterocycles. The summed E-state index contributed by atoms with van der Waals surface area (Å²) in [6.45, 7) is -1.47. The molecule has 0 atom stereocenters. The Morgan fingerprint density at radius 2 is 1.95 bits per heavy atom. The van der Waals surface area contributed by atoms with Crippen LogP contribution in [0.15, 0.2) is 30.3 Å². The minimum Gasteiger partial charge on any atom is -0.482 e. The Hall–Kier alpha value is -1.44. The Kier molecular flexibility index (Phi) is 5.20. The number of benzene rings is 1. The molecule has 0 aliphatic rings. The van der Waals surface area contributed by atoms with Crippen molar-refractivity contribution in [2.45, 2.75) is 6.18 Å². The molecule has 2 aromatic rings. The lowest BCUT2D eigenvalue weighted by Gasteiger charge is -2.14. The first-order valence-electron chi connectivity index (χ1n) is 5.80. The Morgan fingerprint density at radius 3 is 2.55 bits per heavy atom. The normalized spacial score (nSPS) is 11.3.